The number of allylic oxidation sites excluding steroid dienone is 4. The number of carbonyl (C=O) groups excluding carboxylic acids is 3. The van der Waals surface area contributed by atoms with Crippen LogP contribution >= 0.6 is 0 Å². The number of hydrogen-bond acceptors (Lipinski definition) is 10. The van der Waals surface area contributed by atoms with Gasteiger partial charge in [-0.15, -0.1) is 0 Å². The minimum absolute atomic E-state index is 0.0111. The zero-order chi connectivity index (χ0) is 26.6. The average molecular weight is 507 g/mol. The largest absolute Gasteiger partial charge is 0.507 e. The number of nitrogens with one attached hydrogen (secondary N) is 1. The smallest absolute Gasteiger partial charge is 0.231 e. The van der Waals surface area contributed by atoms with Crippen LogP contribution in [0.5, 0.6) is 34.5 Å². The van der Waals surface area contributed by atoms with Gasteiger partial charge in [-0.25, -0.2) is 0 Å². The lowest BCUT2D eigenvalue weighted by atomic mass is 9.70. The summed E-state index contributed by atoms with van der Waals surface area (Å²) in [5.74, 6) is -0.778. The van der Waals surface area contributed by atoms with E-state index in [1.165, 1.54) is 26.8 Å². The Morgan fingerprint density at radius 1 is 1.14 bits per heavy atom. The molecule has 0 spiro atoms. The summed E-state index contributed by atoms with van der Waals surface area (Å²) in [5, 5.41) is 24.4. The van der Waals surface area contributed by atoms with Crippen molar-refractivity contribution in [2.45, 2.75) is 33.1 Å². The maximum Gasteiger partial charge on any atom is 0.231 e. The molecule has 2 heterocycles. The Morgan fingerprint density at radius 2 is 1.86 bits per heavy atom. The third kappa shape index (κ3) is 3.59. The third-order valence-electron chi connectivity index (χ3n) is 6.86. The number of ether oxygens (including phenoxy) is 4. The molecule has 3 aliphatic rings. The molecule has 1 unspecified atom stereocenters. The van der Waals surface area contributed by atoms with Gasteiger partial charge in [-0.1, -0.05) is 0 Å². The Hall–Kier alpha value is -4.47. The Kier molecular flexibility index (Phi) is 5.62. The lowest BCUT2D eigenvalue weighted by Gasteiger charge is -2.29. The number of phenolic OH excluding ortho intramolecular Hbond substituents is 2. The molecule has 1 aliphatic carbocycles. The average Bonchev–Trinajstić information content (AvgIpc) is 3.43. The number of carbonyl (C=O) groups is 3. The molecule has 10 nitrogen and oxygen atoms in total. The van der Waals surface area contributed by atoms with Crippen molar-refractivity contribution >= 4 is 17.3 Å². The predicted octanol–water partition coefficient (Wildman–Crippen LogP) is 2.97. The molecule has 3 N–H and O–H groups in total. The van der Waals surface area contributed by atoms with Crippen LogP contribution < -0.4 is 24.3 Å². The molecule has 2 aromatic carbocycles. The quantitative estimate of drug-likeness (QED) is 0.231. The topological polar surface area (TPSA) is 141 Å². The number of rotatable bonds is 6. The number of hydrogen-bond donors (Lipinski definition) is 3. The second-order valence-electron chi connectivity index (χ2n) is 9.18. The van der Waals surface area contributed by atoms with E-state index in [2.05, 4.69) is 5.32 Å². The van der Waals surface area contributed by atoms with Crippen LogP contribution in [0, 0.1) is 6.92 Å². The highest BCUT2D eigenvalue weighted by Gasteiger charge is 2.56. The van der Waals surface area contributed by atoms with Gasteiger partial charge >= 0.3 is 0 Å². The van der Waals surface area contributed by atoms with Gasteiger partial charge in [0.1, 0.15) is 46.3 Å². The van der Waals surface area contributed by atoms with E-state index in [0.717, 1.165) is 0 Å². The molecule has 0 amide bonds. The van der Waals surface area contributed by atoms with Crippen molar-refractivity contribution < 1.29 is 43.5 Å². The SMILES string of the molecule is CC(=O)c1c(O)c(C)c(O)c2c1OC1=CC(=O)C(=C(C)NCCOc3ccc4c(c3)OCO4)C(=O)C12C. The molecule has 37 heavy (non-hydrogen) atoms. The van der Waals surface area contributed by atoms with Gasteiger partial charge in [0.15, 0.2) is 28.8 Å². The minimum atomic E-state index is -1.56. The van der Waals surface area contributed by atoms with Gasteiger partial charge in [0.25, 0.3) is 0 Å². The molecule has 0 saturated heterocycles. The zero-order valence-corrected chi connectivity index (χ0v) is 20.7. The lowest BCUT2D eigenvalue weighted by molar-refractivity contribution is -0.123. The van der Waals surface area contributed by atoms with E-state index in [1.54, 1.807) is 25.1 Å². The van der Waals surface area contributed by atoms with Crippen molar-refractivity contribution in [1.29, 1.82) is 0 Å². The predicted molar refractivity (Wildman–Crippen MR) is 129 cm³/mol. The zero-order valence-electron chi connectivity index (χ0n) is 20.7. The van der Waals surface area contributed by atoms with E-state index in [0.29, 0.717) is 22.9 Å². The van der Waals surface area contributed by atoms with E-state index < -0.39 is 28.5 Å². The Bertz CT molecular complexity index is 1450. The van der Waals surface area contributed by atoms with Gasteiger partial charge in [0.05, 0.1) is 11.1 Å². The summed E-state index contributed by atoms with van der Waals surface area (Å²) in [5.41, 5.74) is -1.38. The first-order chi connectivity index (χ1) is 17.6. The molecule has 0 bridgehead atoms. The first kappa shape index (κ1) is 24.2. The number of aromatic hydroxyl groups is 2. The van der Waals surface area contributed by atoms with E-state index in [1.807, 2.05) is 0 Å². The lowest BCUT2D eigenvalue weighted by Crippen LogP contribution is -2.41. The second kappa shape index (κ2) is 8.58. The van der Waals surface area contributed by atoms with Crippen molar-refractivity contribution in [3.63, 3.8) is 0 Å². The maximum absolute atomic E-state index is 13.8. The summed E-state index contributed by atoms with van der Waals surface area (Å²) >= 11 is 0. The maximum atomic E-state index is 13.8. The highest BCUT2D eigenvalue weighted by Crippen LogP contribution is 2.57. The summed E-state index contributed by atoms with van der Waals surface area (Å²) in [6, 6.07) is 5.21. The van der Waals surface area contributed by atoms with Crippen molar-refractivity contribution in [2.75, 3.05) is 19.9 Å². The molecule has 1 atom stereocenters. The van der Waals surface area contributed by atoms with Crippen molar-refractivity contribution in [1.82, 2.24) is 5.32 Å². The van der Waals surface area contributed by atoms with E-state index >= 15 is 0 Å². The molecule has 0 aromatic heterocycles. The normalized spacial score (nSPS) is 20.6. The van der Waals surface area contributed by atoms with Crippen LogP contribution in [-0.2, 0) is 15.0 Å². The number of phenols is 2. The summed E-state index contributed by atoms with van der Waals surface area (Å²) < 4.78 is 22.1. The van der Waals surface area contributed by atoms with Crippen LogP contribution in [0.15, 0.2) is 41.3 Å². The first-order valence-corrected chi connectivity index (χ1v) is 11.6. The van der Waals surface area contributed by atoms with Crippen LogP contribution in [0.25, 0.3) is 0 Å². The molecule has 0 radical (unpaired) electrons. The van der Waals surface area contributed by atoms with E-state index in [4.69, 9.17) is 18.9 Å². The number of Topliss-reactive ketones (excluding diaryl/α,β-unsaturated/α-hetero) is 2. The van der Waals surface area contributed by atoms with Crippen molar-refractivity contribution in [3.05, 3.63) is 58.0 Å². The molecular formula is C27H25NO9. The molecule has 5 rings (SSSR count). The van der Waals surface area contributed by atoms with E-state index in [-0.39, 0.29) is 59.5 Å². The number of ketones is 3. The number of fused-ring (bicyclic) bond motifs is 4. The van der Waals surface area contributed by atoms with Gasteiger partial charge < -0.3 is 34.5 Å². The van der Waals surface area contributed by atoms with E-state index in [9.17, 15) is 24.6 Å². The van der Waals surface area contributed by atoms with Crippen LogP contribution in [0.2, 0.25) is 0 Å². The molecule has 2 aliphatic heterocycles. The summed E-state index contributed by atoms with van der Waals surface area (Å²) in [4.78, 5) is 39.0. The second-order valence-corrected chi connectivity index (χ2v) is 9.18. The Labute approximate surface area is 212 Å². The summed E-state index contributed by atoms with van der Waals surface area (Å²) in [7, 11) is 0. The van der Waals surface area contributed by atoms with Gasteiger partial charge in [-0.3, -0.25) is 14.4 Å². The van der Waals surface area contributed by atoms with Gasteiger partial charge in [-0.05, 0) is 39.8 Å². The highest BCUT2D eigenvalue weighted by atomic mass is 16.7. The van der Waals surface area contributed by atoms with Crippen LogP contribution in [0.1, 0.15) is 42.3 Å². The fraction of sp³-hybridized carbons (Fsp3) is 0.296. The van der Waals surface area contributed by atoms with Crippen LogP contribution in [-0.4, -0.2) is 47.5 Å². The molecular weight excluding hydrogens is 482 g/mol. The Balaban J connectivity index is 1.41. The van der Waals surface area contributed by atoms with Gasteiger partial charge in [0, 0.05) is 29.9 Å². The van der Waals surface area contributed by atoms with Crippen molar-refractivity contribution in [2.24, 2.45) is 0 Å². The standard InChI is InChI=1S/C27H25NO9/c1-12-23(31)21(14(3)29)25-22(24(12)32)27(4)19(37-25)10-16(30)20(26(27)33)13(2)28-7-8-34-15-5-6-17-18(9-15)36-11-35-17/h5-6,9-10,28,31-32H,7-8,11H2,1-4H3. The summed E-state index contributed by atoms with van der Waals surface area (Å²) in [6.07, 6.45) is 1.18. The highest BCUT2D eigenvalue weighted by molar-refractivity contribution is 6.31. The fourth-order valence-corrected chi connectivity index (χ4v) is 4.82. The number of benzene rings is 2. The first-order valence-electron chi connectivity index (χ1n) is 11.6. The molecule has 0 fully saturated rings. The minimum Gasteiger partial charge on any atom is -0.507 e. The molecule has 2 aromatic rings. The van der Waals surface area contributed by atoms with Crippen molar-refractivity contribution in [3.8, 4) is 34.5 Å². The third-order valence-corrected chi connectivity index (χ3v) is 6.86. The molecule has 10 heteroatoms. The fourth-order valence-electron chi connectivity index (χ4n) is 4.82. The van der Waals surface area contributed by atoms with Gasteiger partial charge in [-0.2, -0.15) is 0 Å². The Morgan fingerprint density at radius 3 is 2.59 bits per heavy atom. The monoisotopic (exact) mass is 507 g/mol. The van der Waals surface area contributed by atoms with Crippen LogP contribution in [0.4, 0.5) is 0 Å². The summed E-state index contributed by atoms with van der Waals surface area (Å²) in [6.45, 7) is 6.49. The molecule has 0 saturated carbocycles. The van der Waals surface area contributed by atoms with Crippen LogP contribution in [0.3, 0.4) is 0 Å². The van der Waals surface area contributed by atoms with Gasteiger partial charge in [0.2, 0.25) is 6.79 Å². The molecule has 192 valence electrons.